The highest BCUT2D eigenvalue weighted by atomic mass is 35.5. The van der Waals surface area contributed by atoms with Crippen LogP contribution >= 0.6 is 22.9 Å². The van der Waals surface area contributed by atoms with Gasteiger partial charge in [-0.25, -0.2) is 4.79 Å². The zero-order valence-corrected chi connectivity index (χ0v) is 15.8. The lowest BCUT2D eigenvalue weighted by Gasteiger charge is -2.08. The van der Waals surface area contributed by atoms with E-state index in [0.29, 0.717) is 11.8 Å². The summed E-state index contributed by atoms with van der Waals surface area (Å²) < 4.78 is 0. The van der Waals surface area contributed by atoms with Crippen LogP contribution in [0.5, 0.6) is 0 Å². The number of carbonyl (C=O) groups excluding carboxylic acids is 1. The van der Waals surface area contributed by atoms with Crippen molar-refractivity contribution < 1.29 is 14.7 Å². The fourth-order valence-electron chi connectivity index (χ4n) is 2.57. The molecule has 0 aliphatic heterocycles. The van der Waals surface area contributed by atoms with Crippen molar-refractivity contribution in [2.75, 3.05) is 0 Å². The standard InChI is InChI=1S/C19H21ClO3S/c1-10(2)14-9-17(24-18(14)11(3)4)16(21)8-12-5-6-13(19(22)23)15(20)7-12/h5-7,9-11H,8H2,1-4H3,(H,22,23). The summed E-state index contributed by atoms with van der Waals surface area (Å²) in [5, 5.41) is 9.16. The number of hydrogen-bond donors (Lipinski definition) is 1. The normalized spacial score (nSPS) is 11.3. The molecule has 0 aliphatic carbocycles. The van der Waals surface area contributed by atoms with E-state index >= 15 is 0 Å². The van der Waals surface area contributed by atoms with Crippen LogP contribution in [0.3, 0.4) is 0 Å². The molecule has 0 saturated heterocycles. The number of benzene rings is 1. The second kappa shape index (κ2) is 7.49. The van der Waals surface area contributed by atoms with Gasteiger partial charge in [0, 0.05) is 11.3 Å². The van der Waals surface area contributed by atoms with Gasteiger partial charge in [0.1, 0.15) is 0 Å². The maximum atomic E-state index is 12.6. The number of Topliss-reactive ketones (excluding diaryl/α,β-unsaturated/α-hetero) is 1. The van der Waals surface area contributed by atoms with Crippen LogP contribution in [-0.4, -0.2) is 16.9 Å². The lowest BCUT2D eigenvalue weighted by atomic mass is 9.98. The zero-order valence-electron chi connectivity index (χ0n) is 14.2. The predicted octanol–water partition coefficient (Wildman–Crippen LogP) is 5.77. The lowest BCUT2D eigenvalue weighted by molar-refractivity contribution is 0.0697. The van der Waals surface area contributed by atoms with E-state index < -0.39 is 5.97 Å². The Morgan fingerprint density at radius 3 is 2.25 bits per heavy atom. The maximum absolute atomic E-state index is 12.6. The van der Waals surface area contributed by atoms with Crippen molar-refractivity contribution in [2.45, 2.75) is 46.0 Å². The Morgan fingerprint density at radius 2 is 1.79 bits per heavy atom. The first kappa shape index (κ1) is 18.7. The monoisotopic (exact) mass is 364 g/mol. The minimum atomic E-state index is -1.07. The summed E-state index contributed by atoms with van der Waals surface area (Å²) in [6.45, 7) is 8.53. The van der Waals surface area contributed by atoms with Gasteiger partial charge in [-0.15, -0.1) is 11.3 Å². The molecule has 2 aromatic rings. The van der Waals surface area contributed by atoms with Gasteiger partial charge in [-0.1, -0.05) is 45.4 Å². The van der Waals surface area contributed by atoms with Crippen LogP contribution in [0.1, 0.15) is 75.6 Å². The molecule has 0 unspecified atom stereocenters. The molecule has 0 saturated carbocycles. The van der Waals surface area contributed by atoms with Gasteiger partial charge in [-0.2, -0.15) is 0 Å². The van der Waals surface area contributed by atoms with Crippen LogP contribution in [0.25, 0.3) is 0 Å². The highest BCUT2D eigenvalue weighted by Gasteiger charge is 2.19. The molecule has 0 atom stereocenters. The van der Waals surface area contributed by atoms with Crippen LogP contribution < -0.4 is 0 Å². The van der Waals surface area contributed by atoms with E-state index in [4.69, 9.17) is 16.7 Å². The van der Waals surface area contributed by atoms with E-state index in [-0.39, 0.29) is 22.8 Å². The number of ketones is 1. The van der Waals surface area contributed by atoms with E-state index in [1.807, 2.05) is 6.07 Å². The van der Waals surface area contributed by atoms with Crippen molar-refractivity contribution in [3.05, 3.63) is 55.7 Å². The van der Waals surface area contributed by atoms with Gasteiger partial charge in [0.15, 0.2) is 5.78 Å². The molecule has 0 aliphatic rings. The number of carboxylic acid groups (broad SMARTS) is 1. The molecule has 0 amide bonds. The number of carbonyl (C=O) groups is 2. The van der Waals surface area contributed by atoms with Crippen molar-refractivity contribution in [1.82, 2.24) is 0 Å². The van der Waals surface area contributed by atoms with Gasteiger partial charge in [-0.3, -0.25) is 4.79 Å². The number of rotatable bonds is 6. The Balaban J connectivity index is 2.26. The first-order valence-corrected chi connectivity index (χ1v) is 9.08. The van der Waals surface area contributed by atoms with Crippen molar-refractivity contribution >= 4 is 34.7 Å². The van der Waals surface area contributed by atoms with Crippen LogP contribution in [0.15, 0.2) is 24.3 Å². The van der Waals surface area contributed by atoms with Crippen molar-refractivity contribution in [3.63, 3.8) is 0 Å². The van der Waals surface area contributed by atoms with E-state index in [2.05, 4.69) is 27.7 Å². The fourth-order valence-corrected chi connectivity index (χ4v) is 4.11. The third-order valence-electron chi connectivity index (χ3n) is 3.84. The zero-order chi connectivity index (χ0) is 18.0. The second-order valence-corrected chi connectivity index (χ2v) is 7.95. The van der Waals surface area contributed by atoms with Gasteiger partial charge >= 0.3 is 5.97 Å². The molecule has 1 heterocycles. The van der Waals surface area contributed by atoms with E-state index in [1.54, 1.807) is 23.5 Å². The van der Waals surface area contributed by atoms with Gasteiger partial charge in [0.05, 0.1) is 15.5 Å². The number of aromatic carboxylic acids is 1. The summed E-state index contributed by atoms with van der Waals surface area (Å²) in [4.78, 5) is 25.6. The summed E-state index contributed by atoms with van der Waals surface area (Å²) in [5.74, 6) is -0.269. The molecule has 1 N–H and O–H groups in total. The molecule has 2 rings (SSSR count). The minimum Gasteiger partial charge on any atom is -0.478 e. The highest BCUT2D eigenvalue weighted by Crippen LogP contribution is 2.34. The molecule has 0 radical (unpaired) electrons. The molecule has 1 aromatic carbocycles. The number of thiophene rings is 1. The minimum absolute atomic E-state index is 0.0351. The summed E-state index contributed by atoms with van der Waals surface area (Å²) in [6, 6.07) is 6.65. The van der Waals surface area contributed by atoms with E-state index in [9.17, 15) is 9.59 Å². The lowest BCUT2D eigenvalue weighted by Crippen LogP contribution is -2.03. The van der Waals surface area contributed by atoms with Gasteiger partial charge < -0.3 is 5.11 Å². The Labute approximate surface area is 151 Å². The van der Waals surface area contributed by atoms with E-state index in [1.165, 1.54) is 16.5 Å². The molecule has 128 valence electrons. The van der Waals surface area contributed by atoms with Crippen LogP contribution in [0, 0.1) is 0 Å². The van der Waals surface area contributed by atoms with Gasteiger partial charge in [-0.05, 0) is 41.2 Å². The Bertz CT molecular complexity index is 749. The number of carboxylic acids is 1. The molecule has 0 spiro atoms. The summed E-state index contributed by atoms with van der Waals surface area (Å²) >= 11 is 7.54. The number of halogens is 1. The third kappa shape index (κ3) is 4.05. The summed E-state index contributed by atoms with van der Waals surface area (Å²) in [7, 11) is 0. The molecule has 0 bridgehead atoms. The average Bonchev–Trinajstić information content (AvgIpc) is 2.92. The first-order valence-electron chi connectivity index (χ1n) is 7.89. The van der Waals surface area contributed by atoms with Crippen molar-refractivity contribution in [1.29, 1.82) is 0 Å². The van der Waals surface area contributed by atoms with Crippen LogP contribution in [0.2, 0.25) is 5.02 Å². The molecular formula is C19H21ClO3S. The summed E-state index contributed by atoms with van der Waals surface area (Å²) in [6.07, 6.45) is 0.217. The average molecular weight is 365 g/mol. The highest BCUT2D eigenvalue weighted by molar-refractivity contribution is 7.14. The Kier molecular flexibility index (Phi) is 5.83. The quantitative estimate of drug-likeness (QED) is 0.662. The van der Waals surface area contributed by atoms with Crippen LogP contribution in [0.4, 0.5) is 0 Å². The SMILES string of the molecule is CC(C)c1cc(C(=O)Cc2ccc(C(=O)O)c(Cl)c2)sc1C(C)C. The molecule has 0 fully saturated rings. The molecular weight excluding hydrogens is 344 g/mol. The second-order valence-electron chi connectivity index (χ2n) is 6.46. The topological polar surface area (TPSA) is 54.4 Å². The maximum Gasteiger partial charge on any atom is 0.337 e. The first-order chi connectivity index (χ1) is 11.2. The number of hydrogen-bond acceptors (Lipinski definition) is 3. The molecule has 1 aromatic heterocycles. The molecule has 5 heteroatoms. The Hall–Kier alpha value is -1.65. The largest absolute Gasteiger partial charge is 0.478 e. The Morgan fingerprint density at radius 1 is 1.12 bits per heavy atom. The molecule has 24 heavy (non-hydrogen) atoms. The predicted molar refractivity (Wildman–Crippen MR) is 98.9 cm³/mol. The van der Waals surface area contributed by atoms with Crippen molar-refractivity contribution in [2.24, 2.45) is 0 Å². The van der Waals surface area contributed by atoms with Gasteiger partial charge in [0.25, 0.3) is 0 Å². The van der Waals surface area contributed by atoms with E-state index in [0.717, 1.165) is 10.4 Å². The molecule has 3 nitrogen and oxygen atoms in total. The third-order valence-corrected chi connectivity index (χ3v) is 5.65. The van der Waals surface area contributed by atoms with Crippen molar-refractivity contribution in [3.8, 4) is 0 Å². The summed E-state index contributed by atoms with van der Waals surface area (Å²) in [5.41, 5.74) is 2.01. The van der Waals surface area contributed by atoms with Gasteiger partial charge in [0.2, 0.25) is 0 Å². The fraction of sp³-hybridized carbons (Fsp3) is 0.368. The smallest absolute Gasteiger partial charge is 0.337 e. The van der Waals surface area contributed by atoms with Crippen LogP contribution in [-0.2, 0) is 6.42 Å².